The number of aromatic nitrogens is 1. The van der Waals surface area contributed by atoms with E-state index in [0.717, 1.165) is 12.1 Å². The highest BCUT2D eigenvalue weighted by atomic mass is 16.2. The number of hydrogen-bond acceptors (Lipinski definition) is 1. The average Bonchev–Trinajstić information content (AvgIpc) is 2.61. The summed E-state index contributed by atoms with van der Waals surface area (Å²) >= 11 is 0. The van der Waals surface area contributed by atoms with E-state index in [1.807, 2.05) is 18.3 Å². The lowest BCUT2D eigenvalue weighted by Gasteiger charge is -2.04. The van der Waals surface area contributed by atoms with Crippen molar-refractivity contribution in [3.63, 3.8) is 0 Å². The van der Waals surface area contributed by atoms with Crippen LogP contribution in [0.25, 0.3) is 0 Å². The van der Waals surface area contributed by atoms with Crippen molar-refractivity contribution in [2.75, 3.05) is 0 Å². The van der Waals surface area contributed by atoms with E-state index in [1.165, 1.54) is 0 Å². The number of carbonyl (C=O) groups excluding carboxylic acids is 1. The third kappa shape index (κ3) is 1.81. The van der Waals surface area contributed by atoms with Crippen molar-refractivity contribution < 1.29 is 4.79 Å². The van der Waals surface area contributed by atoms with E-state index in [-0.39, 0.29) is 17.2 Å². The van der Waals surface area contributed by atoms with E-state index in [0.29, 0.717) is 6.54 Å². The molecule has 1 aromatic rings. The lowest BCUT2D eigenvalue weighted by molar-refractivity contribution is -0.123. The predicted octanol–water partition coefficient (Wildman–Crippen LogP) is 1.68. The van der Waals surface area contributed by atoms with Gasteiger partial charge in [0, 0.05) is 17.8 Å². The Morgan fingerprint density at radius 1 is 1.71 bits per heavy atom. The van der Waals surface area contributed by atoms with Gasteiger partial charge in [-0.05, 0) is 24.0 Å². The highest BCUT2D eigenvalue weighted by molar-refractivity contribution is 5.82. The van der Waals surface area contributed by atoms with E-state index in [9.17, 15) is 4.79 Å². The molecule has 0 aliphatic heterocycles. The number of amides is 1. The fourth-order valence-corrected chi connectivity index (χ4v) is 1.70. The number of hydrogen-bond donors (Lipinski definition) is 2. The summed E-state index contributed by atoms with van der Waals surface area (Å²) in [4.78, 5) is 14.6. The standard InChI is InChI=1S/C11H16N2O/c1-11(2)6-9(11)10(14)13-7-8-4-3-5-12-8/h3-5,9,12H,6-7H2,1-2H3,(H,13,14)/t9-/m1/s1. The Bertz CT molecular complexity index is 327. The predicted molar refractivity (Wildman–Crippen MR) is 54.5 cm³/mol. The highest BCUT2D eigenvalue weighted by Crippen LogP contribution is 2.51. The topological polar surface area (TPSA) is 44.9 Å². The molecular weight excluding hydrogens is 176 g/mol. The second-order valence-electron chi connectivity index (χ2n) is 4.66. The first-order chi connectivity index (χ1) is 6.59. The van der Waals surface area contributed by atoms with Crippen LogP contribution in [0.15, 0.2) is 18.3 Å². The molecule has 1 fully saturated rings. The van der Waals surface area contributed by atoms with Crippen molar-refractivity contribution >= 4 is 5.91 Å². The minimum Gasteiger partial charge on any atom is -0.364 e. The molecule has 1 heterocycles. The largest absolute Gasteiger partial charge is 0.364 e. The third-order valence-corrected chi connectivity index (χ3v) is 2.95. The van der Waals surface area contributed by atoms with Crippen LogP contribution in [-0.2, 0) is 11.3 Å². The summed E-state index contributed by atoms with van der Waals surface area (Å²) < 4.78 is 0. The van der Waals surface area contributed by atoms with Crippen LogP contribution >= 0.6 is 0 Å². The molecule has 0 aromatic carbocycles. The molecular formula is C11H16N2O. The van der Waals surface area contributed by atoms with E-state index in [2.05, 4.69) is 24.1 Å². The van der Waals surface area contributed by atoms with E-state index in [4.69, 9.17) is 0 Å². The average molecular weight is 192 g/mol. The summed E-state index contributed by atoms with van der Waals surface area (Å²) in [5.74, 6) is 0.405. The number of aromatic amines is 1. The number of rotatable bonds is 3. The van der Waals surface area contributed by atoms with Crippen molar-refractivity contribution in [1.29, 1.82) is 0 Å². The molecule has 2 rings (SSSR count). The van der Waals surface area contributed by atoms with Gasteiger partial charge in [0.1, 0.15) is 0 Å². The SMILES string of the molecule is CC1(C)C[C@@H]1C(=O)NCc1ccc[nH]1. The second-order valence-corrected chi connectivity index (χ2v) is 4.66. The van der Waals surface area contributed by atoms with Crippen LogP contribution in [0.1, 0.15) is 26.0 Å². The maximum Gasteiger partial charge on any atom is 0.223 e. The summed E-state index contributed by atoms with van der Waals surface area (Å²) in [7, 11) is 0. The first-order valence-corrected chi connectivity index (χ1v) is 4.99. The molecule has 2 N–H and O–H groups in total. The number of H-pyrrole nitrogens is 1. The lowest BCUT2D eigenvalue weighted by atomic mass is 10.1. The molecule has 1 atom stereocenters. The van der Waals surface area contributed by atoms with Gasteiger partial charge in [0.05, 0.1) is 6.54 Å². The smallest absolute Gasteiger partial charge is 0.223 e. The van der Waals surface area contributed by atoms with Gasteiger partial charge in [-0.2, -0.15) is 0 Å². The molecule has 0 bridgehead atoms. The van der Waals surface area contributed by atoms with Crippen LogP contribution in [0.5, 0.6) is 0 Å². The third-order valence-electron chi connectivity index (χ3n) is 2.95. The lowest BCUT2D eigenvalue weighted by Crippen LogP contribution is -2.26. The van der Waals surface area contributed by atoms with Gasteiger partial charge in [-0.1, -0.05) is 13.8 Å². The molecule has 1 amide bonds. The Kier molecular flexibility index (Phi) is 2.10. The zero-order chi connectivity index (χ0) is 10.2. The first-order valence-electron chi connectivity index (χ1n) is 4.99. The minimum atomic E-state index is 0.185. The second kappa shape index (κ2) is 3.15. The maximum absolute atomic E-state index is 11.6. The zero-order valence-electron chi connectivity index (χ0n) is 8.63. The molecule has 1 aromatic heterocycles. The molecule has 3 heteroatoms. The normalized spacial score (nSPS) is 23.1. The molecule has 0 spiro atoms. The molecule has 76 valence electrons. The van der Waals surface area contributed by atoms with Gasteiger partial charge in [0.25, 0.3) is 0 Å². The van der Waals surface area contributed by atoms with Gasteiger partial charge < -0.3 is 10.3 Å². The Morgan fingerprint density at radius 2 is 2.43 bits per heavy atom. The quantitative estimate of drug-likeness (QED) is 0.752. The summed E-state index contributed by atoms with van der Waals surface area (Å²) in [5, 5.41) is 2.93. The molecule has 0 unspecified atom stereocenters. The Morgan fingerprint density at radius 3 is 2.93 bits per heavy atom. The van der Waals surface area contributed by atoms with Crippen molar-refractivity contribution in [2.24, 2.45) is 11.3 Å². The van der Waals surface area contributed by atoms with Crippen LogP contribution in [0, 0.1) is 11.3 Å². The Balaban J connectivity index is 1.80. The highest BCUT2D eigenvalue weighted by Gasteiger charge is 2.50. The first kappa shape index (κ1) is 9.31. The molecule has 0 saturated heterocycles. The zero-order valence-corrected chi connectivity index (χ0v) is 8.63. The summed E-state index contributed by atoms with van der Waals surface area (Å²) in [6, 6.07) is 3.90. The van der Waals surface area contributed by atoms with Gasteiger partial charge in [-0.3, -0.25) is 4.79 Å². The molecule has 0 radical (unpaired) electrons. The maximum atomic E-state index is 11.6. The Labute approximate surface area is 83.9 Å². The summed E-state index contributed by atoms with van der Waals surface area (Å²) in [6.45, 7) is 4.87. The fraction of sp³-hybridized carbons (Fsp3) is 0.545. The van der Waals surface area contributed by atoms with Gasteiger partial charge in [-0.15, -0.1) is 0 Å². The van der Waals surface area contributed by atoms with Crippen LogP contribution in [0.3, 0.4) is 0 Å². The van der Waals surface area contributed by atoms with E-state index >= 15 is 0 Å². The van der Waals surface area contributed by atoms with Crippen LogP contribution in [-0.4, -0.2) is 10.9 Å². The van der Waals surface area contributed by atoms with Gasteiger partial charge in [-0.25, -0.2) is 0 Å². The monoisotopic (exact) mass is 192 g/mol. The molecule has 1 saturated carbocycles. The van der Waals surface area contributed by atoms with Gasteiger partial charge >= 0.3 is 0 Å². The van der Waals surface area contributed by atoms with Crippen LogP contribution in [0.4, 0.5) is 0 Å². The van der Waals surface area contributed by atoms with E-state index < -0.39 is 0 Å². The molecule has 1 aliphatic rings. The molecule has 3 nitrogen and oxygen atoms in total. The van der Waals surface area contributed by atoms with Crippen molar-refractivity contribution in [2.45, 2.75) is 26.8 Å². The number of carbonyl (C=O) groups is 1. The van der Waals surface area contributed by atoms with Gasteiger partial charge in [0.2, 0.25) is 5.91 Å². The molecule has 1 aliphatic carbocycles. The van der Waals surface area contributed by atoms with E-state index in [1.54, 1.807) is 0 Å². The van der Waals surface area contributed by atoms with Crippen LogP contribution < -0.4 is 5.32 Å². The summed E-state index contributed by atoms with van der Waals surface area (Å²) in [5.41, 5.74) is 1.27. The van der Waals surface area contributed by atoms with Gasteiger partial charge in [0.15, 0.2) is 0 Å². The van der Waals surface area contributed by atoms with Crippen molar-refractivity contribution in [3.8, 4) is 0 Å². The summed E-state index contributed by atoms with van der Waals surface area (Å²) in [6.07, 6.45) is 2.88. The number of nitrogens with one attached hydrogen (secondary N) is 2. The van der Waals surface area contributed by atoms with Crippen molar-refractivity contribution in [1.82, 2.24) is 10.3 Å². The van der Waals surface area contributed by atoms with Crippen molar-refractivity contribution in [3.05, 3.63) is 24.0 Å². The minimum absolute atomic E-state index is 0.185. The Hall–Kier alpha value is -1.25. The fourth-order valence-electron chi connectivity index (χ4n) is 1.70. The van der Waals surface area contributed by atoms with Crippen LogP contribution in [0.2, 0.25) is 0 Å². The molecule has 14 heavy (non-hydrogen) atoms.